The van der Waals surface area contributed by atoms with Crippen LogP contribution in [0.15, 0.2) is 53.4 Å². The number of carbonyl (C=O) groups excluding carboxylic acids is 1. The smallest absolute Gasteiger partial charge is 0.256 e. The highest BCUT2D eigenvalue weighted by molar-refractivity contribution is 7.90. The molecule has 152 valence electrons. The zero-order chi connectivity index (χ0) is 20.9. The molecule has 0 spiro atoms. The molecule has 0 aliphatic carbocycles. The summed E-state index contributed by atoms with van der Waals surface area (Å²) in [5.74, 6) is 0.542. The van der Waals surface area contributed by atoms with Crippen LogP contribution < -0.4 is 9.64 Å². The number of anilines is 1. The minimum Gasteiger partial charge on any atom is -0.497 e. The highest BCUT2D eigenvalue weighted by atomic mass is 32.2. The zero-order valence-electron chi connectivity index (χ0n) is 16.9. The Morgan fingerprint density at radius 2 is 1.71 bits per heavy atom. The van der Waals surface area contributed by atoms with Gasteiger partial charge in [0.05, 0.1) is 18.6 Å². The minimum absolute atomic E-state index is 0.112. The van der Waals surface area contributed by atoms with Crippen molar-refractivity contribution in [3.63, 3.8) is 0 Å². The monoisotopic (exact) mass is 405 g/mol. The van der Waals surface area contributed by atoms with E-state index < -0.39 is 15.9 Å². The van der Waals surface area contributed by atoms with Crippen molar-refractivity contribution in [2.24, 2.45) is 0 Å². The maximum absolute atomic E-state index is 13.0. The van der Waals surface area contributed by atoms with Crippen LogP contribution in [0.4, 0.5) is 5.69 Å². The lowest BCUT2D eigenvalue weighted by Crippen LogP contribution is -2.43. The molecule has 0 saturated carbocycles. The summed E-state index contributed by atoms with van der Waals surface area (Å²) in [5, 5.41) is 0. The third kappa shape index (κ3) is 5.56. The second-order valence-corrected chi connectivity index (χ2v) is 8.89. The van der Waals surface area contributed by atoms with E-state index >= 15 is 0 Å². The highest BCUT2D eigenvalue weighted by Gasteiger charge is 2.25. The second kappa shape index (κ2) is 9.21. The molecule has 1 unspecified atom stereocenters. The number of hydrogen-bond donors (Lipinski definition) is 0. The molecule has 2 aromatic carbocycles. The van der Waals surface area contributed by atoms with Crippen molar-refractivity contribution in [2.45, 2.75) is 44.4 Å². The molecule has 0 N–H and O–H groups in total. The van der Waals surface area contributed by atoms with Crippen LogP contribution in [-0.4, -0.2) is 39.8 Å². The van der Waals surface area contributed by atoms with Gasteiger partial charge >= 0.3 is 0 Å². The molecule has 2 aromatic rings. The van der Waals surface area contributed by atoms with Crippen LogP contribution in [0.25, 0.3) is 0 Å². The number of hydrogen-bond acceptors (Lipinski definition) is 5. The first-order chi connectivity index (χ1) is 13.1. The van der Waals surface area contributed by atoms with E-state index in [0.717, 1.165) is 17.6 Å². The van der Waals surface area contributed by atoms with Crippen molar-refractivity contribution in [1.29, 1.82) is 0 Å². The van der Waals surface area contributed by atoms with Gasteiger partial charge in [-0.05, 0) is 62.7 Å². The fourth-order valence-electron chi connectivity index (χ4n) is 2.78. The number of methoxy groups -OCH3 is 1. The predicted molar refractivity (Wildman–Crippen MR) is 109 cm³/mol. The van der Waals surface area contributed by atoms with Crippen LogP contribution in [0, 0.1) is 0 Å². The summed E-state index contributed by atoms with van der Waals surface area (Å²) >= 11 is 0. The average Bonchev–Trinajstić information content (AvgIpc) is 2.65. The van der Waals surface area contributed by atoms with E-state index in [0.29, 0.717) is 5.69 Å². The van der Waals surface area contributed by atoms with Gasteiger partial charge in [0.2, 0.25) is 0 Å². The Hall–Kier alpha value is -2.38. The summed E-state index contributed by atoms with van der Waals surface area (Å²) in [4.78, 5) is 14.8. The summed E-state index contributed by atoms with van der Waals surface area (Å²) in [7, 11) is -1.69. The summed E-state index contributed by atoms with van der Waals surface area (Å²) in [5.41, 5.74) is 1.54. The highest BCUT2D eigenvalue weighted by Crippen LogP contribution is 2.22. The summed E-state index contributed by atoms with van der Waals surface area (Å²) in [6.07, 6.45) is 0.491. The summed E-state index contributed by atoms with van der Waals surface area (Å²) < 4.78 is 34.3. The van der Waals surface area contributed by atoms with E-state index in [1.165, 1.54) is 12.1 Å². The molecule has 0 aromatic heterocycles. The molecule has 1 amide bonds. The quantitative estimate of drug-likeness (QED) is 0.673. The van der Waals surface area contributed by atoms with Crippen molar-refractivity contribution < 1.29 is 22.7 Å². The molecule has 0 aliphatic heterocycles. The van der Waals surface area contributed by atoms with E-state index in [9.17, 15) is 13.2 Å². The van der Waals surface area contributed by atoms with Gasteiger partial charge < -0.3 is 14.4 Å². The van der Waals surface area contributed by atoms with Crippen LogP contribution in [0.3, 0.4) is 0 Å². The molecule has 0 radical (unpaired) electrons. The van der Waals surface area contributed by atoms with Crippen LogP contribution in [0.2, 0.25) is 0 Å². The van der Waals surface area contributed by atoms with Crippen molar-refractivity contribution in [1.82, 2.24) is 0 Å². The number of ether oxygens (including phenoxy) is 2. The molecule has 28 heavy (non-hydrogen) atoms. The number of benzene rings is 2. The Balaban J connectivity index is 2.13. The fourth-order valence-corrected chi connectivity index (χ4v) is 3.41. The fraction of sp³-hybridized carbons (Fsp3) is 0.381. The Bertz CT molecular complexity index is 907. The molecule has 1 atom stereocenters. The standard InChI is InChI=1S/C21H27NO5S/c1-15(2)22(18-9-11-20(12-10-18)28(5,24)25)21(23)16(3)27-14-17-7-6-8-19(13-17)26-4/h6-13,15-16H,14H2,1-5H3. The van der Waals surface area contributed by atoms with Crippen molar-refractivity contribution in [3.8, 4) is 5.75 Å². The molecule has 0 saturated heterocycles. The molecule has 7 heteroatoms. The van der Waals surface area contributed by atoms with Gasteiger partial charge in [-0.25, -0.2) is 8.42 Å². The number of nitrogens with zero attached hydrogens (tertiary/aromatic N) is 1. The number of amides is 1. The van der Waals surface area contributed by atoms with Gasteiger partial charge in [0.25, 0.3) is 5.91 Å². The molecule has 0 aliphatic rings. The Morgan fingerprint density at radius 3 is 2.25 bits per heavy atom. The van der Waals surface area contributed by atoms with Gasteiger partial charge in [0, 0.05) is 18.0 Å². The molecule has 0 bridgehead atoms. The minimum atomic E-state index is -3.29. The van der Waals surface area contributed by atoms with Gasteiger partial charge in [-0.3, -0.25) is 4.79 Å². The van der Waals surface area contributed by atoms with Crippen LogP contribution >= 0.6 is 0 Å². The predicted octanol–water partition coefficient (Wildman–Crippen LogP) is 3.45. The lowest BCUT2D eigenvalue weighted by atomic mass is 10.2. The summed E-state index contributed by atoms with van der Waals surface area (Å²) in [6, 6.07) is 13.7. The summed E-state index contributed by atoms with van der Waals surface area (Å²) in [6.45, 7) is 5.79. The van der Waals surface area contributed by atoms with Gasteiger partial charge in [-0.2, -0.15) is 0 Å². The number of carbonyl (C=O) groups is 1. The Kier molecular flexibility index (Phi) is 7.21. The maximum Gasteiger partial charge on any atom is 0.256 e. The van der Waals surface area contributed by atoms with Gasteiger partial charge in [0.15, 0.2) is 9.84 Å². The number of rotatable bonds is 8. The second-order valence-electron chi connectivity index (χ2n) is 6.87. The van der Waals surface area contributed by atoms with Gasteiger partial charge in [-0.1, -0.05) is 12.1 Å². The molecule has 2 rings (SSSR count). The maximum atomic E-state index is 13.0. The van der Waals surface area contributed by atoms with Gasteiger partial charge in [-0.15, -0.1) is 0 Å². The first-order valence-corrected chi connectivity index (χ1v) is 10.9. The van der Waals surface area contributed by atoms with E-state index in [2.05, 4.69) is 0 Å². The van der Waals surface area contributed by atoms with E-state index in [1.54, 1.807) is 31.1 Å². The average molecular weight is 406 g/mol. The molecule has 6 nitrogen and oxygen atoms in total. The zero-order valence-corrected chi connectivity index (χ0v) is 17.7. The molecule has 0 heterocycles. The van der Waals surface area contributed by atoms with Crippen LogP contribution in [-0.2, 0) is 26.0 Å². The topological polar surface area (TPSA) is 72.9 Å². The van der Waals surface area contributed by atoms with Crippen molar-refractivity contribution in [2.75, 3.05) is 18.3 Å². The lowest BCUT2D eigenvalue weighted by Gasteiger charge is -2.29. The largest absolute Gasteiger partial charge is 0.497 e. The van der Waals surface area contributed by atoms with Crippen LogP contribution in [0.5, 0.6) is 5.75 Å². The van der Waals surface area contributed by atoms with E-state index in [4.69, 9.17) is 9.47 Å². The van der Waals surface area contributed by atoms with Crippen LogP contribution in [0.1, 0.15) is 26.3 Å². The normalized spacial score (nSPS) is 12.6. The molecular weight excluding hydrogens is 378 g/mol. The SMILES string of the molecule is COc1cccc(COC(C)C(=O)N(c2ccc(S(C)(=O)=O)cc2)C(C)C)c1. The molecule has 0 fully saturated rings. The lowest BCUT2D eigenvalue weighted by molar-refractivity contribution is -0.130. The van der Waals surface area contributed by atoms with E-state index in [1.807, 2.05) is 38.1 Å². The Labute approximate surface area is 167 Å². The third-order valence-electron chi connectivity index (χ3n) is 4.28. The van der Waals surface area contributed by atoms with Crippen molar-refractivity contribution in [3.05, 3.63) is 54.1 Å². The van der Waals surface area contributed by atoms with Crippen molar-refractivity contribution >= 4 is 21.4 Å². The number of sulfone groups is 1. The van der Waals surface area contributed by atoms with Gasteiger partial charge in [0.1, 0.15) is 11.9 Å². The van der Waals surface area contributed by atoms with E-state index in [-0.39, 0.29) is 23.5 Å². The first kappa shape index (κ1) is 21.9. The Morgan fingerprint density at radius 1 is 1.07 bits per heavy atom. The molecular formula is C21H27NO5S. The third-order valence-corrected chi connectivity index (χ3v) is 5.41. The first-order valence-electron chi connectivity index (χ1n) is 9.01.